The van der Waals surface area contributed by atoms with Crippen molar-refractivity contribution in [3.8, 4) is 6.07 Å². The molecule has 2 aromatic rings. The minimum atomic E-state index is -4.77. The molecule has 7 nitrogen and oxygen atoms in total. The third-order valence-corrected chi connectivity index (χ3v) is 5.07. The molecule has 0 unspecified atom stereocenters. The minimum Gasteiger partial charge on any atom is -0.258 e. The van der Waals surface area contributed by atoms with Gasteiger partial charge in [0.2, 0.25) is 10.0 Å². The van der Waals surface area contributed by atoms with Crippen molar-refractivity contribution in [2.75, 3.05) is 0 Å². The third kappa shape index (κ3) is 4.31. The molecule has 12 heteroatoms. The lowest BCUT2D eigenvalue weighted by Gasteiger charge is -2.11. The number of primary sulfonamides is 1. The molecule has 0 aliphatic heterocycles. The van der Waals surface area contributed by atoms with Gasteiger partial charge in [-0.1, -0.05) is 11.8 Å². The fourth-order valence-electron chi connectivity index (χ4n) is 1.95. The number of nitro groups is 1. The summed E-state index contributed by atoms with van der Waals surface area (Å²) in [5, 5.41) is 24.8. The average molecular weight is 403 g/mol. The van der Waals surface area contributed by atoms with Crippen LogP contribution in [0.4, 0.5) is 18.9 Å². The van der Waals surface area contributed by atoms with E-state index >= 15 is 0 Å². The highest BCUT2D eigenvalue weighted by molar-refractivity contribution is 7.99. The zero-order valence-electron chi connectivity index (χ0n) is 12.5. The Morgan fingerprint density at radius 2 is 1.85 bits per heavy atom. The number of nitriles is 1. The van der Waals surface area contributed by atoms with Gasteiger partial charge in [-0.25, -0.2) is 13.6 Å². The summed E-state index contributed by atoms with van der Waals surface area (Å²) in [6, 6.07) is 7.10. The van der Waals surface area contributed by atoms with E-state index in [-0.39, 0.29) is 9.79 Å². The summed E-state index contributed by atoms with van der Waals surface area (Å²) in [5.41, 5.74) is -2.38. The second-order valence-corrected chi connectivity index (χ2v) is 7.53. The van der Waals surface area contributed by atoms with Gasteiger partial charge in [-0.15, -0.1) is 0 Å². The summed E-state index contributed by atoms with van der Waals surface area (Å²) in [6.07, 6.45) is -4.77. The second-order valence-electron chi connectivity index (χ2n) is 4.85. The summed E-state index contributed by atoms with van der Waals surface area (Å²) >= 11 is 0.625. The number of rotatable bonds is 4. The largest absolute Gasteiger partial charge is 0.417 e. The Morgan fingerprint density at radius 1 is 1.19 bits per heavy atom. The van der Waals surface area contributed by atoms with Crippen LogP contribution in [0.2, 0.25) is 0 Å². The summed E-state index contributed by atoms with van der Waals surface area (Å²) in [7, 11) is -4.18. The van der Waals surface area contributed by atoms with Gasteiger partial charge in [0.15, 0.2) is 0 Å². The molecule has 0 atom stereocenters. The van der Waals surface area contributed by atoms with Crippen LogP contribution < -0.4 is 5.14 Å². The maximum atomic E-state index is 13.0. The minimum absolute atomic E-state index is 0.0113. The van der Waals surface area contributed by atoms with E-state index in [1.165, 1.54) is 12.1 Å². The van der Waals surface area contributed by atoms with E-state index in [9.17, 15) is 31.7 Å². The van der Waals surface area contributed by atoms with Gasteiger partial charge in [-0.3, -0.25) is 10.1 Å². The first-order chi connectivity index (χ1) is 11.9. The highest BCUT2D eigenvalue weighted by Crippen LogP contribution is 2.39. The third-order valence-electron chi connectivity index (χ3n) is 3.10. The van der Waals surface area contributed by atoms with Crippen molar-refractivity contribution in [2.24, 2.45) is 5.14 Å². The van der Waals surface area contributed by atoms with Gasteiger partial charge in [0.05, 0.1) is 31.9 Å². The molecule has 0 saturated heterocycles. The molecule has 0 spiro atoms. The van der Waals surface area contributed by atoms with Crippen molar-refractivity contribution in [2.45, 2.75) is 20.9 Å². The summed E-state index contributed by atoms with van der Waals surface area (Å²) in [6.45, 7) is 0. The van der Waals surface area contributed by atoms with Gasteiger partial charge in [0.1, 0.15) is 0 Å². The smallest absolute Gasteiger partial charge is 0.258 e. The first kappa shape index (κ1) is 19.7. The maximum Gasteiger partial charge on any atom is 0.417 e. The van der Waals surface area contributed by atoms with Gasteiger partial charge in [0, 0.05) is 11.0 Å². The molecule has 0 heterocycles. The molecule has 136 valence electrons. The zero-order chi connectivity index (χ0) is 19.7. The molecular formula is C14H8F3N3O4S2. The van der Waals surface area contributed by atoms with E-state index in [1.807, 2.05) is 0 Å². The number of hydrogen-bond donors (Lipinski definition) is 1. The second kappa shape index (κ2) is 6.94. The lowest BCUT2D eigenvalue weighted by molar-refractivity contribution is -0.388. The molecule has 0 aliphatic rings. The maximum absolute atomic E-state index is 13.0. The number of alkyl halides is 3. The standard InChI is InChI=1S/C14H8F3N3O4S2/c15-14(16,17)11-5-9(2-1-8(11)7-18)25-13-4-3-10(26(19,23)24)6-12(13)20(21)22/h1-6H,(H2,19,23,24). The molecule has 0 bridgehead atoms. The van der Waals surface area contributed by atoms with Gasteiger partial charge in [0.25, 0.3) is 5.69 Å². The lowest BCUT2D eigenvalue weighted by atomic mass is 10.1. The highest BCUT2D eigenvalue weighted by Gasteiger charge is 2.34. The summed E-state index contributed by atoms with van der Waals surface area (Å²) in [5.74, 6) is 0. The van der Waals surface area contributed by atoms with Crippen molar-refractivity contribution in [3.63, 3.8) is 0 Å². The molecule has 0 aromatic heterocycles. The molecule has 0 amide bonds. The normalized spacial score (nSPS) is 11.8. The Labute approximate surface area is 149 Å². The molecule has 2 aromatic carbocycles. The Morgan fingerprint density at radius 3 is 2.35 bits per heavy atom. The molecule has 26 heavy (non-hydrogen) atoms. The number of hydrogen-bond acceptors (Lipinski definition) is 6. The fourth-order valence-corrected chi connectivity index (χ4v) is 3.42. The van der Waals surface area contributed by atoms with Gasteiger partial charge >= 0.3 is 6.18 Å². The van der Waals surface area contributed by atoms with Crippen LogP contribution in [0.15, 0.2) is 51.1 Å². The van der Waals surface area contributed by atoms with Crippen LogP contribution in [0.1, 0.15) is 11.1 Å². The van der Waals surface area contributed by atoms with Gasteiger partial charge < -0.3 is 0 Å². The first-order valence-electron chi connectivity index (χ1n) is 6.54. The SMILES string of the molecule is N#Cc1ccc(Sc2ccc(S(N)(=O)=O)cc2[N+](=O)[O-])cc1C(F)(F)F. The first-order valence-corrected chi connectivity index (χ1v) is 8.90. The monoisotopic (exact) mass is 403 g/mol. The number of nitro benzene ring substituents is 1. The zero-order valence-corrected chi connectivity index (χ0v) is 14.2. The number of sulfonamides is 1. The highest BCUT2D eigenvalue weighted by atomic mass is 32.2. The number of halogens is 3. The van der Waals surface area contributed by atoms with Crippen LogP contribution in [0.5, 0.6) is 0 Å². The van der Waals surface area contributed by atoms with Gasteiger partial charge in [-0.05, 0) is 30.3 Å². The van der Waals surface area contributed by atoms with E-state index in [0.29, 0.717) is 17.8 Å². The van der Waals surface area contributed by atoms with Crippen LogP contribution in [0, 0.1) is 21.4 Å². The lowest BCUT2D eigenvalue weighted by Crippen LogP contribution is -2.12. The van der Waals surface area contributed by atoms with Crippen molar-refractivity contribution < 1.29 is 26.5 Å². The molecule has 0 radical (unpaired) electrons. The molecule has 2 rings (SSSR count). The van der Waals surface area contributed by atoms with Gasteiger partial charge in [-0.2, -0.15) is 18.4 Å². The number of nitrogens with two attached hydrogens (primary N) is 1. The average Bonchev–Trinajstić information content (AvgIpc) is 2.53. The van der Waals surface area contributed by atoms with Crippen molar-refractivity contribution in [1.82, 2.24) is 0 Å². The Balaban J connectivity index is 2.52. The van der Waals surface area contributed by atoms with Crippen LogP contribution >= 0.6 is 11.8 Å². The topological polar surface area (TPSA) is 127 Å². The molecule has 0 saturated carbocycles. The van der Waals surface area contributed by atoms with Crippen LogP contribution in [-0.4, -0.2) is 13.3 Å². The predicted molar refractivity (Wildman–Crippen MR) is 84.8 cm³/mol. The molecule has 0 fully saturated rings. The van der Waals surface area contributed by atoms with E-state index < -0.39 is 42.8 Å². The van der Waals surface area contributed by atoms with Crippen LogP contribution in [-0.2, 0) is 16.2 Å². The molecule has 2 N–H and O–H groups in total. The van der Waals surface area contributed by atoms with E-state index in [1.54, 1.807) is 0 Å². The Hall–Kier alpha value is -2.62. The number of benzene rings is 2. The van der Waals surface area contributed by atoms with E-state index in [4.69, 9.17) is 10.4 Å². The van der Waals surface area contributed by atoms with Crippen LogP contribution in [0.3, 0.4) is 0 Å². The number of nitrogens with zero attached hydrogens (tertiary/aromatic N) is 2. The molecule has 0 aliphatic carbocycles. The summed E-state index contributed by atoms with van der Waals surface area (Å²) < 4.78 is 61.6. The van der Waals surface area contributed by atoms with Crippen molar-refractivity contribution in [3.05, 3.63) is 57.6 Å². The van der Waals surface area contributed by atoms with E-state index in [0.717, 1.165) is 24.3 Å². The van der Waals surface area contributed by atoms with E-state index in [2.05, 4.69) is 0 Å². The van der Waals surface area contributed by atoms with Crippen LogP contribution in [0.25, 0.3) is 0 Å². The quantitative estimate of drug-likeness (QED) is 0.616. The van der Waals surface area contributed by atoms with Crippen molar-refractivity contribution >= 4 is 27.5 Å². The van der Waals surface area contributed by atoms with Crippen molar-refractivity contribution in [1.29, 1.82) is 5.26 Å². The predicted octanol–water partition coefficient (Wildman–Crippen LogP) is 3.28. The molecular weight excluding hydrogens is 395 g/mol. The Kier molecular flexibility index (Phi) is 5.26. The Bertz CT molecular complexity index is 1030. The summed E-state index contributed by atoms with van der Waals surface area (Å²) in [4.78, 5) is 9.69. The fraction of sp³-hybridized carbons (Fsp3) is 0.0714.